The second kappa shape index (κ2) is 6.95. The SMILES string of the molecule is O=C([O-])[C@H]1[C@@H]2CC[C@H](C2)[C@H]1C(=O)N1CC[NH+](Cc2ccc3c(c2)OCO3)CC1. The van der Waals surface area contributed by atoms with Crippen molar-refractivity contribution in [2.45, 2.75) is 25.8 Å². The quantitative estimate of drug-likeness (QED) is 0.722. The number of fused-ring (bicyclic) bond motifs is 3. The summed E-state index contributed by atoms with van der Waals surface area (Å²) in [4.78, 5) is 28.0. The van der Waals surface area contributed by atoms with Gasteiger partial charge in [-0.15, -0.1) is 0 Å². The van der Waals surface area contributed by atoms with E-state index in [1.807, 2.05) is 17.0 Å². The van der Waals surface area contributed by atoms with Crippen molar-refractivity contribution in [3.8, 4) is 11.5 Å². The Labute approximate surface area is 164 Å². The number of carboxylic acid groups (broad SMARTS) is 1. The summed E-state index contributed by atoms with van der Waals surface area (Å²) in [5.41, 5.74) is 1.20. The summed E-state index contributed by atoms with van der Waals surface area (Å²) in [5.74, 6) is 0.0460. The number of nitrogens with one attached hydrogen (secondary N) is 1. The number of piperazine rings is 1. The Kier molecular flexibility index (Phi) is 4.42. The lowest BCUT2D eigenvalue weighted by molar-refractivity contribution is -0.917. The molecule has 4 aliphatic rings. The van der Waals surface area contributed by atoms with E-state index >= 15 is 0 Å². The Balaban J connectivity index is 1.19. The smallest absolute Gasteiger partial charge is 0.231 e. The van der Waals surface area contributed by atoms with E-state index in [0.717, 1.165) is 50.4 Å². The van der Waals surface area contributed by atoms with Crippen molar-refractivity contribution in [1.29, 1.82) is 0 Å². The number of carboxylic acids is 1. The molecule has 0 radical (unpaired) electrons. The van der Waals surface area contributed by atoms with Crippen molar-refractivity contribution in [2.75, 3.05) is 33.0 Å². The largest absolute Gasteiger partial charge is 0.550 e. The molecule has 7 nitrogen and oxygen atoms in total. The third-order valence-electron chi connectivity index (χ3n) is 7.15. The first-order chi connectivity index (χ1) is 13.6. The highest BCUT2D eigenvalue weighted by molar-refractivity contribution is 5.85. The third kappa shape index (κ3) is 3.02. The minimum absolute atomic E-state index is 0.0449. The van der Waals surface area contributed by atoms with E-state index in [1.165, 1.54) is 10.5 Å². The highest BCUT2D eigenvalue weighted by atomic mass is 16.7. The Morgan fingerprint density at radius 1 is 1.07 bits per heavy atom. The lowest BCUT2D eigenvalue weighted by Gasteiger charge is -2.38. The monoisotopic (exact) mass is 386 g/mol. The minimum Gasteiger partial charge on any atom is -0.550 e. The van der Waals surface area contributed by atoms with Crippen LogP contribution >= 0.6 is 0 Å². The van der Waals surface area contributed by atoms with Gasteiger partial charge in [0, 0.05) is 23.4 Å². The number of hydrogen-bond acceptors (Lipinski definition) is 5. The van der Waals surface area contributed by atoms with Crippen molar-refractivity contribution in [2.24, 2.45) is 23.7 Å². The van der Waals surface area contributed by atoms with Crippen LogP contribution in [-0.4, -0.2) is 49.7 Å². The van der Waals surface area contributed by atoms with Crippen molar-refractivity contribution < 1.29 is 29.1 Å². The molecule has 0 unspecified atom stereocenters. The van der Waals surface area contributed by atoms with Gasteiger partial charge in [-0.25, -0.2) is 0 Å². The van der Waals surface area contributed by atoms with Gasteiger partial charge in [0.2, 0.25) is 12.7 Å². The van der Waals surface area contributed by atoms with Crippen molar-refractivity contribution in [1.82, 2.24) is 4.90 Å². The van der Waals surface area contributed by atoms with Crippen LogP contribution in [0, 0.1) is 23.7 Å². The van der Waals surface area contributed by atoms with Gasteiger partial charge < -0.3 is 29.2 Å². The molecule has 3 fully saturated rings. The number of hydrogen-bond donors (Lipinski definition) is 1. The van der Waals surface area contributed by atoms with Crippen LogP contribution in [0.4, 0.5) is 0 Å². The van der Waals surface area contributed by atoms with Crippen LogP contribution in [0.2, 0.25) is 0 Å². The van der Waals surface area contributed by atoms with Gasteiger partial charge in [-0.3, -0.25) is 4.79 Å². The van der Waals surface area contributed by atoms with Crippen LogP contribution < -0.4 is 19.5 Å². The van der Waals surface area contributed by atoms with E-state index in [0.29, 0.717) is 13.1 Å². The molecular weight excluding hydrogens is 360 g/mol. The first-order valence-corrected chi connectivity index (χ1v) is 10.3. The molecule has 1 N–H and O–H groups in total. The van der Waals surface area contributed by atoms with Gasteiger partial charge in [0.15, 0.2) is 11.5 Å². The molecule has 1 saturated heterocycles. The standard InChI is InChI=1S/C21H26N2O5/c24-20(18-14-2-3-15(10-14)19(18)21(25)26)23-7-5-22(6-8-23)11-13-1-4-16-17(9-13)28-12-27-16/h1,4,9,14-15,18-19H,2-3,5-8,10-12H2,(H,25,26)/t14-,15-,18-,19+/m1/s1. The van der Waals surface area contributed by atoms with Gasteiger partial charge in [0.05, 0.1) is 26.2 Å². The van der Waals surface area contributed by atoms with Gasteiger partial charge in [0.25, 0.3) is 0 Å². The fourth-order valence-electron chi connectivity index (χ4n) is 5.76. The summed E-state index contributed by atoms with van der Waals surface area (Å²) in [5, 5.41) is 11.6. The first kappa shape index (κ1) is 17.8. The maximum absolute atomic E-state index is 13.1. The van der Waals surface area contributed by atoms with E-state index < -0.39 is 11.9 Å². The topological polar surface area (TPSA) is 83.3 Å². The zero-order valence-electron chi connectivity index (χ0n) is 15.9. The molecule has 150 valence electrons. The van der Waals surface area contributed by atoms with E-state index in [1.54, 1.807) is 0 Å². The summed E-state index contributed by atoms with van der Waals surface area (Å²) < 4.78 is 10.8. The maximum Gasteiger partial charge on any atom is 0.231 e. The molecule has 2 bridgehead atoms. The highest BCUT2D eigenvalue weighted by Crippen LogP contribution is 2.52. The van der Waals surface area contributed by atoms with Gasteiger partial charge in [-0.1, -0.05) is 0 Å². The molecule has 7 heteroatoms. The van der Waals surface area contributed by atoms with Crippen LogP contribution in [0.1, 0.15) is 24.8 Å². The molecule has 2 saturated carbocycles. The number of carbonyl (C=O) groups is 2. The summed E-state index contributed by atoms with van der Waals surface area (Å²) in [6, 6.07) is 6.05. The van der Waals surface area contributed by atoms with Crippen LogP contribution in [0.5, 0.6) is 11.5 Å². The van der Waals surface area contributed by atoms with Gasteiger partial charge >= 0.3 is 0 Å². The van der Waals surface area contributed by atoms with Gasteiger partial charge in [0.1, 0.15) is 6.54 Å². The average Bonchev–Trinajstić information content (AvgIpc) is 3.43. The minimum atomic E-state index is -1.03. The molecule has 4 atom stereocenters. The van der Waals surface area contributed by atoms with Crippen molar-refractivity contribution in [3.63, 3.8) is 0 Å². The third-order valence-corrected chi connectivity index (χ3v) is 7.15. The normalized spacial score (nSPS) is 31.4. The van der Waals surface area contributed by atoms with E-state index in [2.05, 4.69) is 6.07 Å². The molecule has 1 amide bonds. The highest BCUT2D eigenvalue weighted by Gasteiger charge is 2.52. The van der Waals surface area contributed by atoms with E-state index in [4.69, 9.17) is 9.47 Å². The average molecular weight is 386 g/mol. The predicted molar refractivity (Wildman–Crippen MR) is 96.4 cm³/mol. The number of rotatable bonds is 4. The number of ether oxygens (including phenoxy) is 2. The maximum atomic E-state index is 13.1. The second-order valence-electron chi connectivity index (χ2n) is 8.64. The molecule has 2 aliphatic heterocycles. The Morgan fingerprint density at radius 3 is 2.54 bits per heavy atom. The van der Waals surface area contributed by atoms with Crippen LogP contribution in [0.25, 0.3) is 0 Å². The Bertz CT molecular complexity index is 789. The Morgan fingerprint density at radius 2 is 1.79 bits per heavy atom. The number of amides is 1. The molecule has 1 aromatic rings. The van der Waals surface area contributed by atoms with Crippen LogP contribution in [-0.2, 0) is 16.1 Å². The van der Waals surface area contributed by atoms with Crippen LogP contribution in [0.15, 0.2) is 18.2 Å². The lowest BCUT2D eigenvalue weighted by atomic mass is 9.78. The molecule has 1 aromatic carbocycles. The number of nitrogens with zero attached hydrogens (tertiary/aromatic N) is 1. The van der Waals surface area contributed by atoms with Crippen LogP contribution in [0.3, 0.4) is 0 Å². The zero-order chi connectivity index (χ0) is 19.3. The fraction of sp³-hybridized carbons (Fsp3) is 0.619. The Hall–Kier alpha value is -2.28. The fourth-order valence-corrected chi connectivity index (χ4v) is 5.76. The number of carbonyl (C=O) groups excluding carboxylic acids is 2. The molecule has 28 heavy (non-hydrogen) atoms. The van der Waals surface area contributed by atoms with E-state index in [-0.39, 0.29) is 30.5 Å². The van der Waals surface area contributed by atoms with Crippen molar-refractivity contribution in [3.05, 3.63) is 23.8 Å². The van der Waals surface area contributed by atoms with Crippen molar-refractivity contribution >= 4 is 11.9 Å². The summed E-state index contributed by atoms with van der Waals surface area (Å²) in [6.45, 7) is 4.28. The molecule has 2 heterocycles. The summed E-state index contributed by atoms with van der Waals surface area (Å²) >= 11 is 0. The van der Waals surface area contributed by atoms with E-state index in [9.17, 15) is 14.7 Å². The molecular formula is C21H26N2O5. The van der Waals surface area contributed by atoms with Gasteiger partial charge in [-0.05, 0) is 49.3 Å². The summed E-state index contributed by atoms with van der Waals surface area (Å²) in [6.07, 6.45) is 2.80. The number of benzene rings is 1. The lowest BCUT2D eigenvalue weighted by Crippen LogP contribution is -3.13. The molecule has 5 rings (SSSR count). The summed E-state index contributed by atoms with van der Waals surface area (Å²) in [7, 11) is 0. The van der Waals surface area contributed by atoms with Gasteiger partial charge in [-0.2, -0.15) is 0 Å². The molecule has 2 aliphatic carbocycles. The predicted octanol–water partition coefficient (Wildman–Crippen LogP) is -0.945. The number of quaternary nitrogens is 1. The zero-order valence-corrected chi connectivity index (χ0v) is 15.9. The number of aliphatic carboxylic acids is 1. The first-order valence-electron chi connectivity index (χ1n) is 10.3. The molecule has 0 aromatic heterocycles. The molecule has 0 spiro atoms. The second-order valence-corrected chi connectivity index (χ2v) is 8.64.